The zero-order chi connectivity index (χ0) is 31.6. The van der Waals surface area contributed by atoms with Crippen LogP contribution in [-0.2, 0) is 0 Å². The van der Waals surface area contributed by atoms with E-state index in [0.29, 0.717) is 0 Å². The molecule has 224 valence electrons. The normalized spacial score (nSPS) is 11.8. The molecule has 0 aliphatic carbocycles. The highest BCUT2D eigenvalue weighted by molar-refractivity contribution is 6.10. The third-order valence-corrected chi connectivity index (χ3v) is 9.66. The first-order valence-electron chi connectivity index (χ1n) is 16.3. The Morgan fingerprint density at radius 2 is 0.625 bits per heavy atom. The van der Waals surface area contributed by atoms with Crippen molar-refractivity contribution in [1.82, 2.24) is 19.1 Å². The molecule has 0 spiro atoms. The maximum Gasteiger partial charge on any atom is 0.0971 e. The largest absolute Gasteiger partial charge is 0.309 e. The molecule has 4 heterocycles. The van der Waals surface area contributed by atoms with Gasteiger partial charge in [0.1, 0.15) is 0 Å². The Balaban J connectivity index is 1.05. The molecule has 0 atom stereocenters. The number of pyridine rings is 2. The molecule has 4 aromatic heterocycles. The standard InChI is InChI=1S/C44H28N4/c1-5-13-39-35(9-1)36-10-2-6-14-40(36)47(39)31-21-17-29(18-22-31)33-25-27-46-44-34(26-28-45-43(33)44)30-19-23-32(24-20-30)48-41-15-7-3-11-37(41)38-12-4-8-16-42(38)48/h1-28H. The third-order valence-electron chi connectivity index (χ3n) is 9.66. The molecule has 48 heavy (non-hydrogen) atoms. The summed E-state index contributed by atoms with van der Waals surface area (Å²) < 4.78 is 4.69. The van der Waals surface area contributed by atoms with Gasteiger partial charge in [-0.3, -0.25) is 9.97 Å². The lowest BCUT2D eigenvalue weighted by Crippen LogP contribution is -1.95. The number of hydrogen-bond donors (Lipinski definition) is 0. The van der Waals surface area contributed by atoms with Crippen molar-refractivity contribution in [3.05, 3.63) is 170 Å². The zero-order valence-electron chi connectivity index (χ0n) is 26.0. The minimum Gasteiger partial charge on any atom is -0.309 e. The van der Waals surface area contributed by atoms with E-state index in [9.17, 15) is 0 Å². The first kappa shape index (κ1) is 26.7. The van der Waals surface area contributed by atoms with Gasteiger partial charge < -0.3 is 9.13 Å². The number of para-hydroxylation sites is 4. The summed E-state index contributed by atoms with van der Waals surface area (Å²) in [6, 6.07) is 56.2. The van der Waals surface area contributed by atoms with E-state index in [1.165, 1.54) is 43.6 Å². The minimum atomic E-state index is 0.895. The van der Waals surface area contributed by atoms with E-state index in [2.05, 4.69) is 167 Å². The van der Waals surface area contributed by atoms with Crippen molar-refractivity contribution in [2.45, 2.75) is 0 Å². The second-order valence-corrected chi connectivity index (χ2v) is 12.2. The number of hydrogen-bond acceptors (Lipinski definition) is 2. The van der Waals surface area contributed by atoms with Crippen LogP contribution in [0.1, 0.15) is 0 Å². The lowest BCUT2D eigenvalue weighted by atomic mass is 10.00. The molecule has 0 amide bonds. The second kappa shape index (κ2) is 10.5. The summed E-state index contributed by atoms with van der Waals surface area (Å²) in [5, 5.41) is 5.04. The molecule has 0 bridgehead atoms. The van der Waals surface area contributed by atoms with Crippen LogP contribution < -0.4 is 0 Å². The van der Waals surface area contributed by atoms with Gasteiger partial charge in [-0.1, -0.05) is 97.1 Å². The molecule has 0 aliphatic rings. The van der Waals surface area contributed by atoms with Crippen LogP contribution in [0.2, 0.25) is 0 Å². The van der Waals surface area contributed by atoms with Crippen LogP contribution in [0.25, 0.3) is 88.3 Å². The highest BCUT2D eigenvalue weighted by Crippen LogP contribution is 2.36. The first-order chi connectivity index (χ1) is 23.8. The van der Waals surface area contributed by atoms with Gasteiger partial charge in [-0.05, 0) is 71.8 Å². The summed E-state index contributed by atoms with van der Waals surface area (Å²) in [5.74, 6) is 0. The Labute approximate surface area is 276 Å². The van der Waals surface area contributed by atoms with E-state index in [1.54, 1.807) is 0 Å². The molecular formula is C44H28N4. The van der Waals surface area contributed by atoms with Crippen molar-refractivity contribution < 1.29 is 0 Å². The highest BCUT2D eigenvalue weighted by Gasteiger charge is 2.15. The number of fused-ring (bicyclic) bond motifs is 7. The number of aromatic nitrogens is 4. The van der Waals surface area contributed by atoms with Crippen molar-refractivity contribution in [1.29, 1.82) is 0 Å². The molecule has 0 N–H and O–H groups in total. The fourth-order valence-electron chi connectivity index (χ4n) is 7.49. The molecule has 0 unspecified atom stereocenters. The van der Waals surface area contributed by atoms with Crippen LogP contribution in [-0.4, -0.2) is 19.1 Å². The van der Waals surface area contributed by atoms with Gasteiger partial charge in [0.15, 0.2) is 0 Å². The van der Waals surface area contributed by atoms with Crippen LogP contribution in [0.5, 0.6) is 0 Å². The van der Waals surface area contributed by atoms with Gasteiger partial charge in [0.2, 0.25) is 0 Å². The Morgan fingerprint density at radius 3 is 0.958 bits per heavy atom. The number of benzene rings is 6. The van der Waals surface area contributed by atoms with Gasteiger partial charge >= 0.3 is 0 Å². The summed E-state index contributed by atoms with van der Waals surface area (Å²) in [7, 11) is 0. The topological polar surface area (TPSA) is 35.6 Å². The highest BCUT2D eigenvalue weighted by atomic mass is 15.0. The van der Waals surface area contributed by atoms with E-state index in [-0.39, 0.29) is 0 Å². The molecule has 0 radical (unpaired) electrons. The van der Waals surface area contributed by atoms with Gasteiger partial charge in [-0.15, -0.1) is 0 Å². The molecule has 10 rings (SSSR count). The molecule has 0 fully saturated rings. The monoisotopic (exact) mass is 612 g/mol. The van der Waals surface area contributed by atoms with Crippen LogP contribution in [0, 0.1) is 0 Å². The maximum absolute atomic E-state index is 4.85. The average Bonchev–Trinajstić information content (AvgIpc) is 3.68. The predicted molar refractivity (Wildman–Crippen MR) is 199 cm³/mol. The van der Waals surface area contributed by atoms with Crippen LogP contribution in [0.3, 0.4) is 0 Å². The zero-order valence-corrected chi connectivity index (χ0v) is 26.0. The summed E-state index contributed by atoms with van der Waals surface area (Å²) >= 11 is 0. The molecule has 0 saturated carbocycles. The summed E-state index contributed by atoms with van der Waals surface area (Å²) in [4.78, 5) is 9.71. The van der Waals surface area contributed by atoms with Gasteiger partial charge in [0.05, 0.1) is 33.1 Å². The predicted octanol–water partition coefficient (Wildman–Crippen LogP) is 11.2. The fourth-order valence-corrected chi connectivity index (χ4v) is 7.49. The van der Waals surface area contributed by atoms with Crippen LogP contribution in [0.15, 0.2) is 170 Å². The van der Waals surface area contributed by atoms with Gasteiger partial charge in [-0.25, -0.2) is 0 Å². The Kier molecular flexibility index (Phi) is 5.84. The van der Waals surface area contributed by atoms with E-state index in [4.69, 9.17) is 9.97 Å². The molecule has 4 nitrogen and oxygen atoms in total. The lowest BCUT2D eigenvalue weighted by molar-refractivity contribution is 1.18. The number of rotatable bonds is 4. The quantitative estimate of drug-likeness (QED) is 0.198. The van der Waals surface area contributed by atoms with Gasteiger partial charge in [0.25, 0.3) is 0 Å². The summed E-state index contributed by atoms with van der Waals surface area (Å²) in [5.41, 5.74) is 13.2. The summed E-state index contributed by atoms with van der Waals surface area (Å²) in [6.07, 6.45) is 3.80. The van der Waals surface area contributed by atoms with Crippen molar-refractivity contribution in [3.8, 4) is 33.6 Å². The Hall–Kier alpha value is -6.52. The van der Waals surface area contributed by atoms with Crippen molar-refractivity contribution in [3.63, 3.8) is 0 Å². The summed E-state index contributed by atoms with van der Waals surface area (Å²) in [6.45, 7) is 0. The first-order valence-corrected chi connectivity index (χ1v) is 16.3. The van der Waals surface area contributed by atoms with Gasteiger partial charge in [-0.2, -0.15) is 0 Å². The van der Waals surface area contributed by atoms with E-state index >= 15 is 0 Å². The van der Waals surface area contributed by atoms with Crippen molar-refractivity contribution in [2.24, 2.45) is 0 Å². The molecule has 0 aliphatic heterocycles. The lowest BCUT2D eigenvalue weighted by Gasteiger charge is -2.12. The Morgan fingerprint density at radius 1 is 0.312 bits per heavy atom. The second-order valence-electron chi connectivity index (χ2n) is 12.2. The minimum absolute atomic E-state index is 0.895. The van der Waals surface area contributed by atoms with Crippen molar-refractivity contribution in [2.75, 3.05) is 0 Å². The Bertz CT molecular complexity index is 2520. The van der Waals surface area contributed by atoms with E-state index < -0.39 is 0 Å². The SMILES string of the molecule is c1ccc2c(c1)c1ccccc1n2-c1ccc(-c2ccnc3c(-c4ccc(-n5c6ccccc6c6ccccc65)cc4)ccnc23)cc1. The molecule has 10 aromatic rings. The van der Waals surface area contributed by atoms with Crippen molar-refractivity contribution >= 4 is 54.6 Å². The molecule has 0 saturated heterocycles. The molecule has 4 heteroatoms. The van der Waals surface area contributed by atoms with Gasteiger partial charge in [0, 0.05) is 56.4 Å². The van der Waals surface area contributed by atoms with Crippen LogP contribution in [0.4, 0.5) is 0 Å². The van der Waals surface area contributed by atoms with E-state index in [1.807, 2.05) is 12.4 Å². The third kappa shape index (κ3) is 3.96. The van der Waals surface area contributed by atoms with E-state index in [0.717, 1.165) is 44.7 Å². The smallest absolute Gasteiger partial charge is 0.0971 e. The average molecular weight is 613 g/mol. The molecule has 6 aromatic carbocycles. The fraction of sp³-hybridized carbons (Fsp3) is 0. The van der Waals surface area contributed by atoms with Crippen LogP contribution >= 0.6 is 0 Å². The number of nitrogens with zero attached hydrogens (tertiary/aromatic N) is 4. The molecular weight excluding hydrogens is 585 g/mol. The maximum atomic E-state index is 4.85.